The van der Waals surface area contributed by atoms with Crippen LogP contribution in [0.15, 0.2) is 34.3 Å². The molecule has 9 heteroatoms. The largest absolute Gasteiger partial charge is 0.493 e. The van der Waals surface area contributed by atoms with Gasteiger partial charge in [-0.15, -0.1) is 5.10 Å². The zero-order valence-corrected chi connectivity index (χ0v) is 12.8. The van der Waals surface area contributed by atoms with Crippen LogP contribution in [0.1, 0.15) is 0 Å². The highest BCUT2D eigenvalue weighted by molar-refractivity contribution is 7.99. The van der Waals surface area contributed by atoms with Crippen molar-refractivity contribution in [2.45, 2.75) is 5.16 Å². The van der Waals surface area contributed by atoms with Gasteiger partial charge in [0.15, 0.2) is 16.7 Å². The molecule has 0 unspecified atom stereocenters. The van der Waals surface area contributed by atoms with E-state index in [1.807, 2.05) is 0 Å². The summed E-state index contributed by atoms with van der Waals surface area (Å²) >= 11 is 1.08. The Morgan fingerprint density at radius 2 is 2.09 bits per heavy atom. The lowest BCUT2D eigenvalue weighted by molar-refractivity contribution is -0.113. The quantitative estimate of drug-likeness (QED) is 0.761. The standard InChI is InChI=1S/C13H14N4O4S/c1-20-9-4-3-8(5-10(9)21-2)15-12(19)7-22-13-16-11(18)6-14-17-13/h3-6H,7H2,1-2H3,(H,15,19)(H,16,17,18). The number of aromatic nitrogens is 3. The Kier molecular flexibility index (Phi) is 5.37. The summed E-state index contributed by atoms with van der Waals surface area (Å²) in [6.07, 6.45) is 1.06. The van der Waals surface area contributed by atoms with Crippen molar-refractivity contribution in [2.24, 2.45) is 0 Å². The van der Waals surface area contributed by atoms with Crippen molar-refractivity contribution in [1.29, 1.82) is 0 Å². The monoisotopic (exact) mass is 322 g/mol. The van der Waals surface area contributed by atoms with Gasteiger partial charge < -0.3 is 14.8 Å². The highest BCUT2D eigenvalue weighted by Crippen LogP contribution is 2.29. The van der Waals surface area contributed by atoms with E-state index in [9.17, 15) is 9.59 Å². The van der Waals surface area contributed by atoms with Gasteiger partial charge in [-0.2, -0.15) is 5.10 Å². The van der Waals surface area contributed by atoms with E-state index >= 15 is 0 Å². The van der Waals surface area contributed by atoms with Crippen LogP contribution in [0, 0.1) is 0 Å². The molecule has 8 nitrogen and oxygen atoms in total. The number of benzene rings is 1. The number of H-pyrrole nitrogens is 1. The topological polar surface area (TPSA) is 106 Å². The molecule has 1 heterocycles. The molecule has 1 aromatic heterocycles. The fourth-order valence-corrected chi connectivity index (χ4v) is 2.22. The van der Waals surface area contributed by atoms with Crippen LogP contribution in [0.3, 0.4) is 0 Å². The number of nitrogens with zero attached hydrogens (tertiary/aromatic N) is 2. The Morgan fingerprint density at radius 3 is 2.77 bits per heavy atom. The van der Waals surface area contributed by atoms with Crippen LogP contribution >= 0.6 is 11.8 Å². The fraction of sp³-hybridized carbons (Fsp3) is 0.231. The molecule has 22 heavy (non-hydrogen) atoms. The normalized spacial score (nSPS) is 10.1. The smallest absolute Gasteiger partial charge is 0.270 e. The highest BCUT2D eigenvalue weighted by Gasteiger charge is 2.08. The van der Waals surface area contributed by atoms with Crippen molar-refractivity contribution < 1.29 is 14.3 Å². The maximum atomic E-state index is 11.9. The number of hydrogen-bond acceptors (Lipinski definition) is 7. The molecule has 0 atom stereocenters. The molecule has 0 saturated carbocycles. The minimum Gasteiger partial charge on any atom is -0.493 e. The number of carbonyl (C=O) groups is 1. The van der Waals surface area contributed by atoms with E-state index in [4.69, 9.17) is 9.47 Å². The van der Waals surface area contributed by atoms with E-state index in [-0.39, 0.29) is 22.4 Å². The number of anilines is 1. The summed E-state index contributed by atoms with van der Waals surface area (Å²) < 4.78 is 10.3. The van der Waals surface area contributed by atoms with Crippen molar-refractivity contribution in [2.75, 3.05) is 25.3 Å². The van der Waals surface area contributed by atoms with E-state index in [0.29, 0.717) is 17.2 Å². The third kappa shape index (κ3) is 4.22. The van der Waals surface area contributed by atoms with E-state index in [1.165, 1.54) is 14.2 Å². The third-order valence-electron chi connectivity index (χ3n) is 2.56. The maximum absolute atomic E-state index is 11.9. The molecule has 0 fully saturated rings. The number of hydrogen-bond donors (Lipinski definition) is 2. The number of methoxy groups -OCH3 is 2. The van der Waals surface area contributed by atoms with E-state index in [2.05, 4.69) is 20.5 Å². The van der Waals surface area contributed by atoms with Crippen LogP contribution in [0.5, 0.6) is 11.5 Å². The molecule has 0 aliphatic heterocycles. The second kappa shape index (κ2) is 7.46. The van der Waals surface area contributed by atoms with Crippen LogP contribution in [0.4, 0.5) is 5.69 Å². The molecule has 1 aromatic carbocycles. The van der Waals surface area contributed by atoms with Crippen LogP contribution < -0.4 is 20.3 Å². The van der Waals surface area contributed by atoms with Gasteiger partial charge >= 0.3 is 0 Å². The van der Waals surface area contributed by atoms with Gasteiger partial charge in [0.1, 0.15) is 6.20 Å². The molecule has 0 spiro atoms. The summed E-state index contributed by atoms with van der Waals surface area (Å²) in [5, 5.41) is 10.2. The number of aromatic amines is 1. The highest BCUT2D eigenvalue weighted by atomic mass is 32.2. The van der Waals surface area contributed by atoms with Crippen LogP contribution in [-0.4, -0.2) is 41.1 Å². The first-order chi connectivity index (χ1) is 10.6. The van der Waals surface area contributed by atoms with Crippen molar-refractivity contribution in [3.05, 3.63) is 34.7 Å². The van der Waals surface area contributed by atoms with Gasteiger partial charge in [0, 0.05) is 11.8 Å². The summed E-state index contributed by atoms with van der Waals surface area (Å²) in [6, 6.07) is 5.06. The minimum atomic E-state index is -0.363. The number of thioether (sulfide) groups is 1. The zero-order valence-electron chi connectivity index (χ0n) is 12.0. The van der Waals surface area contributed by atoms with Crippen molar-refractivity contribution in [3.8, 4) is 11.5 Å². The minimum absolute atomic E-state index is 0.0863. The molecule has 0 saturated heterocycles. The molecule has 2 aromatic rings. The Morgan fingerprint density at radius 1 is 1.32 bits per heavy atom. The second-order valence-electron chi connectivity index (χ2n) is 4.05. The average molecular weight is 322 g/mol. The Bertz CT molecular complexity index is 719. The lowest BCUT2D eigenvalue weighted by atomic mass is 10.2. The van der Waals surface area contributed by atoms with Gasteiger partial charge in [0.25, 0.3) is 5.56 Å². The predicted octanol–water partition coefficient (Wildman–Crippen LogP) is 0.913. The molecule has 116 valence electrons. The molecule has 2 N–H and O–H groups in total. The summed E-state index contributed by atoms with van der Waals surface area (Å²) in [6.45, 7) is 0. The lowest BCUT2D eigenvalue weighted by Crippen LogP contribution is -2.15. The van der Waals surface area contributed by atoms with Gasteiger partial charge in [-0.3, -0.25) is 14.6 Å². The van der Waals surface area contributed by atoms with Crippen molar-refractivity contribution in [1.82, 2.24) is 15.2 Å². The van der Waals surface area contributed by atoms with Crippen molar-refractivity contribution >= 4 is 23.4 Å². The molecule has 1 amide bonds. The molecule has 0 radical (unpaired) electrons. The van der Waals surface area contributed by atoms with Crippen LogP contribution in [0.25, 0.3) is 0 Å². The van der Waals surface area contributed by atoms with E-state index in [0.717, 1.165) is 18.0 Å². The Hall–Kier alpha value is -2.55. The van der Waals surface area contributed by atoms with Crippen molar-refractivity contribution in [3.63, 3.8) is 0 Å². The maximum Gasteiger partial charge on any atom is 0.270 e. The molecular formula is C13H14N4O4S. The molecule has 2 rings (SSSR count). The zero-order chi connectivity index (χ0) is 15.9. The van der Waals surface area contributed by atoms with Gasteiger partial charge in [-0.25, -0.2) is 0 Å². The summed E-state index contributed by atoms with van der Waals surface area (Å²) in [5.74, 6) is 0.935. The number of carbonyl (C=O) groups excluding carboxylic acids is 1. The SMILES string of the molecule is COc1ccc(NC(=O)CSc2nncc(=O)[nH]2)cc1OC. The first-order valence-electron chi connectivity index (χ1n) is 6.19. The van der Waals surface area contributed by atoms with E-state index < -0.39 is 0 Å². The van der Waals surface area contributed by atoms with Gasteiger partial charge in [0.2, 0.25) is 5.91 Å². The first kappa shape index (κ1) is 15.8. The van der Waals surface area contributed by atoms with E-state index in [1.54, 1.807) is 18.2 Å². The number of rotatable bonds is 6. The Labute approximate surface area is 130 Å². The molecule has 0 aliphatic carbocycles. The molecule has 0 bridgehead atoms. The summed E-state index contributed by atoms with van der Waals surface area (Å²) in [4.78, 5) is 25.4. The lowest BCUT2D eigenvalue weighted by Gasteiger charge is -2.10. The van der Waals surface area contributed by atoms with Gasteiger partial charge in [-0.1, -0.05) is 11.8 Å². The molecule has 0 aliphatic rings. The first-order valence-corrected chi connectivity index (χ1v) is 7.17. The number of nitrogens with one attached hydrogen (secondary N) is 2. The van der Waals surface area contributed by atoms with Gasteiger partial charge in [-0.05, 0) is 12.1 Å². The number of amides is 1. The van der Waals surface area contributed by atoms with Crippen LogP contribution in [0.2, 0.25) is 0 Å². The van der Waals surface area contributed by atoms with Crippen LogP contribution in [-0.2, 0) is 4.79 Å². The third-order valence-corrected chi connectivity index (χ3v) is 3.42. The summed E-state index contributed by atoms with van der Waals surface area (Å²) in [7, 11) is 3.05. The predicted molar refractivity (Wildman–Crippen MR) is 81.6 cm³/mol. The Balaban J connectivity index is 1.96. The number of ether oxygens (including phenoxy) is 2. The fourth-order valence-electron chi connectivity index (χ4n) is 1.61. The average Bonchev–Trinajstić information content (AvgIpc) is 2.53. The summed E-state index contributed by atoms with van der Waals surface area (Å²) in [5.41, 5.74) is 0.216. The van der Waals surface area contributed by atoms with Gasteiger partial charge in [0.05, 0.1) is 20.0 Å². The molecular weight excluding hydrogens is 308 g/mol. The second-order valence-corrected chi connectivity index (χ2v) is 5.01.